The summed E-state index contributed by atoms with van der Waals surface area (Å²) in [5.41, 5.74) is 2.93. The molecule has 0 saturated carbocycles. The van der Waals surface area contributed by atoms with Crippen LogP contribution < -0.4 is 9.47 Å². The van der Waals surface area contributed by atoms with E-state index in [4.69, 9.17) is 14.6 Å². The molecule has 0 fully saturated rings. The maximum atomic E-state index is 13.2. The van der Waals surface area contributed by atoms with Gasteiger partial charge in [0.25, 0.3) is 0 Å². The Kier molecular flexibility index (Phi) is 4.05. The Labute approximate surface area is 159 Å². The van der Waals surface area contributed by atoms with Crippen LogP contribution in [0.2, 0.25) is 0 Å². The van der Waals surface area contributed by atoms with Gasteiger partial charge in [0.1, 0.15) is 5.82 Å². The van der Waals surface area contributed by atoms with E-state index in [2.05, 4.69) is 10.2 Å². The van der Waals surface area contributed by atoms with Crippen LogP contribution in [0.5, 0.6) is 11.5 Å². The molecule has 0 N–H and O–H groups in total. The molecule has 0 aliphatic carbocycles. The fourth-order valence-corrected chi connectivity index (χ4v) is 3.92. The van der Waals surface area contributed by atoms with Gasteiger partial charge >= 0.3 is 0 Å². The summed E-state index contributed by atoms with van der Waals surface area (Å²) in [6.07, 6.45) is 1.49. The fraction of sp³-hybridized carbons (Fsp3) is 0.211. The highest BCUT2D eigenvalue weighted by atomic mass is 32.2. The second-order valence-electron chi connectivity index (χ2n) is 6.24. The van der Waals surface area contributed by atoms with Crippen molar-refractivity contribution in [1.29, 1.82) is 0 Å². The minimum atomic E-state index is -0.253. The first-order valence-electron chi connectivity index (χ1n) is 8.56. The molecular weight excluding hydrogens is 367 g/mol. The van der Waals surface area contributed by atoms with Gasteiger partial charge in [-0.3, -0.25) is 0 Å². The molecule has 6 nitrogen and oxygen atoms in total. The molecule has 0 bridgehead atoms. The van der Waals surface area contributed by atoms with Crippen molar-refractivity contribution in [2.45, 2.75) is 18.0 Å². The van der Waals surface area contributed by atoms with Crippen molar-refractivity contribution in [3.8, 4) is 11.5 Å². The number of rotatable bonds is 4. The standard InChI is InChI=1S/C19H15FN4O2S/c20-14-5-3-13(4-6-14)15-10-27-19-22-21-18(24(19)23-15)8-2-12-1-7-16-17(9-12)26-11-25-16/h1,3-7,9H,2,8,10-11H2. The van der Waals surface area contributed by atoms with Gasteiger partial charge in [0.05, 0.1) is 5.71 Å². The zero-order valence-electron chi connectivity index (χ0n) is 14.3. The minimum absolute atomic E-state index is 0.253. The van der Waals surface area contributed by atoms with Gasteiger partial charge in [0.2, 0.25) is 11.9 Å². The van der Waals surface area contributed by atoms with E-state index in [1.807, 2.05) is 18.2 Å². The average molecular weight is 382 g/mol. The van der Waals surface area contributed by atoms with Crippen LogP contribution in [0.1, 0.15) is 17.0 Å². The molecule has 2 aromatic carbocycles. The van der Waals surface area contributed by atoms with E-state index in [1.54, 1.807) is 28.6 Å². The molecule has 136 valence electrons. The van der Waals surface area contributed by atoms with Crippen molar-refractivity contribution in [3.05, 3.63) is 65.2 Å². The Balaban J connectivity index is 1.37. The molecule has 2 aliphatic heterocycles. The third kappa shape index (κ3) is 3.16. The van der Waals surface area contributed by atoms with Crippen molar-refractivity contribution in [2.75, 3.05) is 12.5 Å². The van der Waals surface area contributed by atoms with Gasteiger partial charge in [-0.15, -0.1) is 10.2 Å². The van der Waals surface area contributed by atoms with Crippen molar-refractivity contribution < 1.29 is 13.9 Å². The van der Waals surface area contributed by atoms with Crippen LogP contribution in [-0.2, 0) is 12.8 Å². The van der Waals surface area contributed by atoms with Gasteiger partial charge in [0.15, 0.2) is 17.3 Å². The number of fused-ring (bicyclic) bond motifs is 2. The van der Waals surface area contributed by atoms with Crippen molar-refractivity contribution in [3.63, 3.8) is 0 Å². The van der Waals surface area contributed by atoms with Crippen LogP contribution in [0.4, 0.5) is 4.39 Å². The summed E-state index contributed by atoms with van der Waals surface area (Å²) in [4.78, 5) is 0. The number of benzene rings is 2. The highest BCUT2D eigenvalue weighted by Gasteiger charge is 2.20. The Hall–Kier alpha value is -2.87. The lowest BCUT2D eigenvalue weighted by Gasteiger charge is -2.14. The van der Waals surface area contributed by atoms with Crippen LogP contribution in [0.25, 0.3) is 0 Å². The monoisotopic (exact) mass is 382 g/mol. The first kappa shape index (κ1) is 16.3. The second kappa shape index (κ2) is 6.70. The van der Waals surface area contributed by atoms with Crippen molar-refractivity contribution in [1.82, 2.24) is 14.9 Å². The molecule has 3 aromatic rings. The Morgan fingerprint density at radius 2 is 1.85 bits per heavy atom. The Morgan fingerprint density at radius 1 is 1.00 bits per heavy atom. The van der Waals surface area contributed by atoms with Gasteiger partial charge < -0.3 is 9.47 Å². The summed E-state index contributed by atoms with van der Waals surface area (Å²) in [7, 11) is 0. The summed E-state index contributed by atoms with van der Waals surface area (Å²) >= 11 is 1.58. The topological polar surface area (TPSA) is 61.5 Å². The molecule has 5 rings (SSSR count). The SMILES string of the molecule is Fc1ccc(C2=Nn3c(CCc4ccc5c(c4)OCO5)nnc3SC2)cc1. The zero-order valence-corrected chi connectivity index (χ0v) is 15.1. The van der Waals surface area contributed by atoms with E-state index < -0.39 is 0 Å². The van der Waals surface area contributed by atoms with Gasteiger partial charge in [-0.2, -0.15) is 9.78 Å². The smallest absolute Gasteiger partial charge is 0.231 e. The number of hydrogen-bond donors (Lipinski definition) is 0. The van der Waals surface area contributed by atoms with Crippen LogP contribution in [0.3, 0.4) is 0 Å². The van der Waals surface area contributed by atoms with Gasteiger partial charge in [-0.1, -0.05) is 30.0 Å². The zero-order chi connectivity index (χ0) is 18.2. The van der Waals surface area contributed by atoms with Gasteiger partial charge in [-0.05, 0) is 41.8 Å². The molecule has 0 amide bonds. The average Bonchev–Trinajstić information content (AvgIpc) is 3.33. The lowest BCUT2D eigenvalue weighted by Crippen LogP contribution is -2.15. The second-order valence-corrected chi connectivity index (χ2v) is 7.18. The van der Waals surface area contributed by atoms with Crippen LogP contribution in [0.15, 0.2) is 52.7 Å². The molecule has 0 radical (unpaired) electrons. The molecule has 3 heterocycles. The molecule has 0 saturated heterocycles. The maximum Gasteiger partial charge on any atom is 0.231 e. The van der Waals surface area contributed by atoms with E-state index in [9.17, 15) is 4.39 Å². The summed E-state index contributed by atoms with van der Waals surface area (Å²) < 4.78 is 25.7. The normalized spacial score (nSPS) is 14.8. The lowest BCUT2D eigenvalue weighted by atomic mass is 10.1. The molecular formula is C19H15FN4O2S. The number of halogens is 1. The molecule has 1 aromatic heterocycles. The van der Waals surface area contributed by atoms with E-state index in [0.29, 0.717) is 12.2 Å². The highest BCUT2D eigenvalue weighted by molar-refractivity contribution is 7.99. The number of aromatic nitrogens is 3. The lowest BCUT2D eigenvalue weighted by molar-refractivity contribution is 0.174. The van der Waals surface area contributed by atoms with Crippen molar-refractivity contribution >= 4 is 17.5 Å². The number of nitrogens with zero attached hydrogens (tertiary/aromatic N) is 4. The number of thioether (sulfide) groups is 1. The first-order valence-corrected chi connectivity index (χ1v) is 9.54. The summed E-state index contributed by atoms with van der Waals surface area (Å²) in [5, 5.41) is 14.0. The van der Waals surface area contributed by atoms with E-state index in [0.717, 1.165) is 45.7 Å². The molecule has 0 atom stereocenters. The number of ether oxygens (including phenoxy) is 2. The van der Waals surface area contributed by atoms with E-state index in [-0.39, 0.29) is 12.6 Å². The largest absolute Gasteiger partial charge is 0.454 e. The summed E-state index contributed by atoms with van der Waals surface area (Å²) in [6.45, 7) is 0.272. The van der Waals surface area contributed by atoms with Crippen LogP contribution >= 0.6 is 11.8 Å². The van der Waals surface area contributed by atoms with Gasteiger partial charge in [0, 0.05) is 12.2 Å². The third-order valence-corrected chi connectivity index (χ3v) is 5.42. The quantitative estimate of drug-likeness (QED) is 0.693. The molecule has 2 aliphatic rings. The van der Waals surface area contributed by atoms with Crippen LogP contribution in [-0.4, -0.2) is 33.1 Å². The molecule has 0 unspecified atom stereocenters. The first-order chi connectivity index (χ1) is 13.3. The predicted molar refractivity (Wildman–Crippen MR) is 99.1 cm³/mol. The molecule has 8 heteroatoms. The number of hydrogen-bond acceptors (Lipinski definition) is 6. The Bertz CT molecular complexity index is 1030. The van der Waals surface area contributed by atoms with Crippen LogP contribution in [0, 0.1) is 5.82 Å². The fourth-order valence-electron chi connectivity index (χ4n) is 3.06. The Morgan fingerprint density at radius 3 is 2.74 bits per heavy atom. The van der Waals surface area contributed by atoms with Crippen molar-refractivity contribution in [2.24, 2.45) is 5.10 Å². The van der Waals surface area contributed by atoms with E-state index >= 15 is 0 Å². The van der Waals surface area contributed by atoms with E-state index in [1.165, 1.54) is 12.1 Å². The number of aryl methyl sites for hydroxylation is 2. The maximum absolute atomic E-state index is 13.2. The summed E-state index contributed by atoms with van der Waals surface area (Å²) in [6, 6.07) is 12.3. The van der Waals surface area contributed by atoms with Gasteiger partial charge in [-0.25, -0.2) is 4.39 Å². The minimum Gasteiger partial charge on any atom is -0.454 e. The highest BCUT2D eigenvalue weighted by Crippen LogP contribution is 2.33. The summed E-state index contributed by atoms with van der Waals surface area (Å²) in [5.74, 6) is 2.80. The molecule has 0 spiro atoms. The third-order valence-electron chi connectivity index (χ3n) is 4.49. The predicted octanol–water partition coefficient (Wildman–Crippen LogP) is 3.29. The molecule has 27 heavy (non-hydrogen) atoms.